The summed E-state index contributed by atoms with van der Waals surface area (Å²) in [5, 5.41) is 6.92. The van der Waals surface area contributed by atoms with E-state index in [1.54, 1.807) is 25.3 Å². The highest BCUT2D eigenvalue weighted by Crippen LogP contribution is 2.36. The van der Waals surface area contributed by atoms with Crippen LogP contribution < -0.4 is 19.5 Å². The Bertz CT molecular complexity index is 970. The number of para-hydroxylation sites is 1. The number of rotatable bonds is 6. The Morgan fingerprint density at radius 2 is 1.70 bits per heavy atom. The van der Waals surface area contributed by atoms with E-state index in [0.29, 0.717) is 39.3 Å². The van der Waals surface area contributed by atoms with Gasteiger partial charge in [-0.2, -0.15) is 0 Å². The van der Waals surface area contributed by atoms with Crippen molar-refractivity contribution >= 4 is 23.2 Å². The van der Waals surface area contributed by atoms with Gasteiger partial charge in [0.15, 0.2) is 11.5 Å². The number of carbonyl (C=O) groups excluding carboxylic acids is 1. The smallest absolute Gasteiger partial charge is 0.277 e. The number of hydrogen-bond acceptors (Lipinski definition) is 6. The highest BCUT2D eigenvalue weighted by molar-refractivity contribution is 6.32. The Kier molecular flexibility index (Phi) is 5.52. The van der Waals surface area contributed by atoms with Crippen LogP contribution in [0.5, 0.6) is 17.2 Å². The summed E-state index contributed by atoms with van der Waals surface area (Å²) in [4.78, 5) is 12.6. The molecule has 0 aliphatic rings. The van der Waals surface area contributed by atoms with Crippen LogP contribution in [0.15, 0.2) is 47.0 Å². The summed E-state index contributed by atoms with van der Waals surface area (Å²) in [5.41, 5.74) is 1.19. The molecular weight excluding hydrogens is 372 g/mol. The first-order valence-electron chi connectivity index (χ1n) is 7.90. The molecule has 2 aromatic carbocycles. The van der Waals surface area contributed by atoms with Gasteiger partial charge >= 0.3 is 0 Å². The zero-order valence-corrected chi connectivity index (χ0v) is 15.7. The van der Waals surface area contributed by atoms with E-state index >= 15 is 0 Å². The minimum atomic E-state index is -0.470. The van der Waals surface area contributed by atoms with Gasteiger partial charge in [0.1, 0.15) is 17.2 Å². The molecule has 0 saturated heterocycles. The summed E-state index contributed by atoms with van der Waals surface area (Å²) >= 11 is 6.08. The van der Waals surface area contributed by atoms with Gasteiger partial charge in [-0.1, -0.05) is 28.9 Å². The minimum absolute atomic E-state index is 0.104. The number of aromatic nitrogens is 1. The molecule has 27 heavy (non-hydrogen) atoms. The second kappa shape index (κ2) is 8.01. The van der Waals surface area contributed by atoms with Crippen LogP contribution in [0.4, 0.5) is 5.69 Å². The van der Waals surface area contributed by atoms with Crippen molar-refractivity contribution in [3.63, 3.8) is 0 Å². The zero-order valence-electron chi connectivity index (χ0n) is 14.9. The van der Waals surface area contributed by atoms with Crippen LogP contribution in [0.25, 0.3) is 11.3 Å². The molecule has 1 N–H and O–H groups in total. The fourth-order valence-corrected chi connectivity index (χ4v) is 2.73. The second-order valence-corrected chi connectivity index (χ2v) is 5.83. The number of methoxy groups -OCH3 is 3. The summed E-state index contributed by atoms with van der Waals surface area (Å²) < 4.78 is 21.0. The number of ether oxygens (including phenoxy) is 3. The van der Waals surface area contributed by atoms with Crippen molar-refractivity contribution in [1.82, 2.24) is 5.16 Å². The van der Waals surface area contributed by atoms with E-state index in [-0.39, 0.29) is 5.69 Å². The van der Waals surface area contributed by atoms with Gasteiger partial charge in [-0.05, 0) is 12.1 Å². The van der Waals surface area contributed by atoms with Crippen LogP contribution in [0.3, 0.4) is 0 Å². The SMILES string of the molecule is COc1cc(NC(=O)c2cc(-c3ccccc3OC)on2)c(OC)cc1Cl. The molecule has 7 nitrogen and oxygen atoms in total. The third-order valence-corrected chi connectivity index (χ3v) is 4.13. The van der Waals surface area contributed by atoms with Crippen LogP contribution in [-0.4, -0.2) is 32.4 Å². The average Bonchev–Trinajstić information content (AvgIpc) is 3.19. The fraction of sp³-hybridized carbons (Fsp3) is 0.158. The molecule has 140 valence electrons. The predicted molar refractivity (Wildman–Crippen MR) is 101 cm³/mol. The standard InChI is InChI=1S/C19H17ClN2O5/c1-24-15-7-5-4-6-11(15)16-10-14(22-27-16)19(23)21-13-9-17(25-2)12(20)8-18(13)26-3/h4-10H,1-3H3,(H,21,23). The van der Waals surface area contributed by atoms with Crippen molar-refractivity contribution in [2.24, 2.45) is 0 Å². The van der Waals surface area contributed by atoms with Crippen LogP contribution in [0.2, 0.25) is 5.02 Å². The zero-order chi connectivity index (χ0) is 19.4. The number of benzene rings is 2. The first kappa shape index (κ1) is 18.6. The lowest BCUT2D eigenvalue weighted by atomic mass is 10.1. The Hall–Kier alpha value is -3.19. The maximum atomic E-state index is 12.6. The Morgan fingerprint density at radius 3 is 2.41 bits per heavy atom. The quantitative estimate of drug-likeness (QED) is 0.678. The largest absolute Gasteiger partial charge is 0.496 e. The number of halogens is 1. The van der Waals surface area contributed by atoms with Crippen molar-refractivity contribution in [3.8, 4) is 28.6 Å². The molecule has 0 bridgehead atoms. The third kappa shape index (κ3) is 3.83. The van der Waals surface area contributed by atoms with Gasteiger partial charge < -0.3 is 24.1 Å². The number of amides is 1. The molecular formula is C19H17ClN2O5. The topological polar surface area (TPSA) is 82.8 Å². The minimum Gasteiger partial charge on any atom is -0.496 e. The third-order valence-electron chi connectivity index (χ3n) is 3.84. The Balaban J connectivity index is 1.87. The van der Waals surface area contributed by atoms with Crippen molar-refractivity contribution in [2.45, 2.75) is 0 Å². The first-order chi connectivity index (χ1) is 13.1. The van der Waals surface area contributed by atoms with E-state index in [2.05, 4.69) is 10.5 Å². The summed E-state index contributed by atoms with van der Waals surface area (Å²) in [6, 6.07) is 11.9. The number of nitrogens with one attached hydrogen (secondary N) is 1. The Morgan fingerprint density at radius 1 is 1.00 bits per heavy atom. The highest BCUT2D eigenvalue weighted by atomic mass is 35.5. The van der Waals surface area contributed by atoms with Gasteiger partial charge in [-0.25, -0.2) is 0 Å². The summed E-state index contributed by atoms with van der Waals surface area (Å²) in [5.74, 6) is 1.36. The van der Waals surface area contributed by atoms with Crippen LogP contribution in [0.1, 0.15) is 10.5 Å². The lowest BCUT2D eigenvalue weighted by molar-refractivity contribution is 0.101. The van der Waals surface area contributed by atoms with Gasteiger partial charge in [-0.3, -0.25) is 4.79 Å². The predicted octanol–water partition coefficient (Wildman–Crippen LogP) is 4.27. The maximum absolute atomic E-state index is 12.6. The van der Waals surface area contributed by atoms with Crippen LogP contribution >= 0.6 is 11.6 Å². The van der Waals surface area contributed by atoms with E-state index in [0.717, 1.165) is 0 Å². The van der Waals surface area contributed by atoms with E-state index in [1.807, 2.05) is 18.2 Å². The van der Waals surface area contributed by atoms with Crippen LogP contribution in [0, 0.1) is 0 Å². The van der Waals surface area contributed by atoms with Crippen LogP contribution in [-0.2, 0) is 0 Å². The maximum Gasteiger partial charge on any atom is 0.277 e. The van der Waals surface area contributed by atoms with E-state index < -0.39 is 5.91 Å². The molecule has 8 heteroatoms. The van der Waals surface area contributed by atoms with Crippen molar-refractivity contribution in [2.75, 3.05) is 26.6 Å². The molecule has 3 rings (SSSR count). The first-order valence-corrected chi connectivity index (χ1v) is 8.28. The molecule has 0 aliphatic heterocycles. The molecule has 0 spiro atoms. The number of carbonyl (C=O) groups is 1. The molecule has 0 radical (unpaired) electrons. The number of nitrogens with zero attached hydrogens (tertiary/aromatic N) is 1. The fourth-order valence-electron chi connectivity index (χ4n) is 2.50. The lowest BCUT2D eigenvalue weighted by Crippen LogP contribution is -2.13. The number of anilines is 1. The molecule has 0 unspecified atom stereocenters. The highest BCUT2D eigenvalue weighted by Gasteiger charge is 2.18. The molecule has 1 heterocycles. The summed E-state index contributed by atoms with van der Waals surface area (Å²) in [6.07, 6.45) is 0. The van der Waals surface area contributed by atoms with E-state index in [4.69, 9.17) is 30.3 Å². The van der Waals surface area contributed by atoms with E-state index in [1.165, 1.54) is 20.3 Å². The lowest BCUT2D eigenvalue weighted by Gasteiger charge is -2.12. The monoisotopic (exact) mass is 388 g/mol. The van der Waals surface area contributed by atoms with Gasteiger partial charge in [0.2, 0.25) is 0 Å². The molecule has 0 fully saturated rings. The average molecular weight is 389 g/mol. The normalized spacial score (nSPS) is 10.4. The molecule has 0 atom stereocenters. The van der Waals surface area contributed by atoms with Gasteiger partial charge in [0.25, 0.3) is 5.91 Å². The van der Waals surface area contributed by atoms with Crippen molar-refractivity contribution < 1.29 is 23.5 Å². The van der Waals surface area contributed by atoms with E-state index in [9.17, 15) is 4.79 Å². The van der Waals surface area contributed by atoms with Gasteiger partial charge in [0, 0.05) is 18.2 Å². The van der Waals surface area contributed by atoms with Gasteiger partial charge in [-0.15, -0.1) is 0 Å². The number of hydrogen-bond donors (Lipinski definition) is 1. The van der Waals surface area contributed by atoms with Crippen molar-refractivity contribution in [1.29, 1.82) is 0 Å². The summed E-state index contributed by atoms with van der Waals surface area (Å²) in [6.45, 7) is 0. The molecule has 0 aliphatic carbocycles. The molecule has 3 aromatic rings. The second-order valence-electron chi connectivity index (χ2n) is 5.42. The summed E-state index contributed by atoms with van der Waals surface area (Å²) in [7, 11) is 4.52. The van der Waals surface area contributed by atoms with Crippen molar-refractivity contribution in [3.05, 3.63) is 53.2 Å². The van der Waals surface area contributed by atoms with Gasteiger partial charge in [0.05, 0.1) is 37.6 Å². The molecule has 1 amide bonds. The molecule has 1 aromatic heterocycles. The Labute approximate surface area is 160 Å². The molecule has 0 saturated carbocycles.